The fourth-order valence-corrected chi connectivity index (χ4v) is 3.52. The number of amides is 2. The molecule has 0 radical (unpaired) electrons. The van der Waals surface area contributed by atoms with Gasteiger partial charge in [0.1, 0.15) is 11.6 Å². The van der Waals surface area contributed by atoms with E-state index in [0.717, 1.165) is 6.07 Å². The smallest absolute Gasteiger partial charge is 0.354 e. The predicted octanol–water partition coefficient (Wildman–Crippen LogP) is 4.14. The van der Waals surface area contributed by atoms with Gasteiger partial charge in [0, 0.05) is 43.0 Å². The summed E-state index contributed by atoms with van der Waals surface area (Å²) in [6, 6.07) is 3.44. The molecule has 2 aromatic heterocycles. The highest BCUT2D eigenvalue weighted by Gasteiger charge is 2.37. The molecule has 3 heterocycles. The van der Waals surface area contributed by atoms with Gasteiger partial charge >= 0.3 is 6.18 Å². The Morgan fingerprint density at radius 2 is 2.00 bits per heavy atom. The monoisotopic (exact) mass is 469 g/mol. The van der Waals surface area contributed by atoms with Gasteiger partial charge in [0.2, 0.25) is 5.91 Å². The molecule has 1 aliphatic heterocycles. The van der Waals surface area contributed by atoms with Crippen molar-refractivity contribution in [2.24, 2.45) is 5.92 Å². The molecule has 0 saturated carbocycles. The second-order valence-corrected chi connectivity index (χ2v) is 8.29. The Kier molecular flexibility index (Phi) is 7.22. The molecule has 0 unspecified atom stereocenters. The molecule has 7 nitrogen and oxygen atoms in total. The fraction of sp³-hybridized carbons (Fsp3) is 0.429. The Morgan fingerprint density at radius 3 is 2.69 bits per heavy atom. The molecule has 11 heteroatoms. The minimum absolute atomic E-state index is 0.0963. The number of rotatable bonds is 5. The van der Waals surface area contributed by atoms with Crippen molar-refractivity contribution >= 4 is 35.1 Å². The molecule has 32 heavy (non-hydrogen) atoms. The summed E-state index contributed by atoms with van der Waals surface area (Å²) in [5.74, 6) is -0.830. The molecule has 0 spiro atoms. The fourth-order valence-electron chi connectivity index (χ4n) is 3.36. The average molecular weight is 470 g/mol. The summed E-state index contributed by atoms with van der Waals surface area (Å²) in [7, 11) is 0. The van der Waals surface area contributed by atoms with E-state index in [9.17, 15) is 22.8 Å². The lowest BCUT2D eigenvalue weighted by Gasteiger charge is -2.35. The molecule has 2 aromatic rings. The number of carbonyl (C=O) groups excluding carboxylic acids is 2. The van der Waals surface area contributed by atoms with Crippen molar-refractivity contribution in [3.05, 3.63) is 46.7 Å². The molecular formula is C21H23ClF3N5O2. The highest BCUT2D eigenvalue weighted by Crippen LogP contribution is 2.37. The van der Waals surface area contributed by atoms with E-state index in [0.29, 0.717) is 19.4 Å². The van der Waals surface area contributed by atoms with E-state index < -0.39 is 17.6 Å². The number of aromatic nitrogens is 2. The highest BCUT2D eigenvalue weighted by molar-refractivity contribution is 6.30. The number of alkyl halides is 3. The van der Waals surface area contributed by atoms with E-state index in [1.54, 1.807) is 13.8 Å². The van der Waals surface area contributed by atoms with Gasteiger partial charge in [0.05, 0.1) is 10.6 Å². The van der Waals surface area contributed by atoms with Crippen molar-refractivity contribution in [1.29, 1.82) is 0 Å². The van der Waals surface area contributed by atoms with Crippen LogP contribution in [0.4, 0.5) is 24.8 Å². The summed E-state index contributed by atoms with van der Waals surface area (Å²) in [5, 5.41) is 5.39. The Hall–Kier alpha value is -2.88. The molecule has 0 bridgehead atoms. The van der Waals surface area contributed by atoms with Gasteiger partial charge in [-0.3, -0.25) is 9.59 Å². The molecule has 0 aromatic carbocycles. The Balaban J connectivity index is 1.71. The lowest BCUT2D eigenvalue weighted by Crippen LogP contribution is -2.48. The number of halogens is 4. The summed E-state index contributed by atoms with van der Waals surface area (Å²) >= 11 is 5.72. The lowest BCUT2D eigenvalue weighted by atomic mass is 10.0. The van der Waals surface area contributed by atoms with Gasteiger partial charge in [-0.2, -0.15) is 13.2 Å². The maximum Gasteiger partial charge on any atom is 0.420 e. The van der Waals surface area contributed by atoms with E-state index in [4.69, 9.17) is 11.6 Å². The molecular weight excluding hydrogens is 447 g/mol. The second-order valence-electron chi connectivity index (χ2n) is 7.85. The third-order valence-electron chi connectivity index (χ3n) is 4.99. The SMILES string of the molecule is CC(C)C(=O)Nc1cc(C(=O)N[C@@H]2CCCN(c3ncc(Cl)cc3C(F)(F)F)C2)ccn1. The van der Waals surface area contributed by atoms with Crippen LogP contribution < -0.4 is 15.5 Å². The number of pyridine rings is 2. The predicted molar refractivity (Wildman–Crippen MR) is 115 cm³/mol. The largest absolute Gasteiger partial charge is 0.420 e. The van der Waals surface area contributed by atoms with Crippen LogP contribution in [0.2, 0.25) is 5.02 Å². The summed E-state index contributed by atoms with van der Waals surface area (Å²) in [4.78, 5) is 34.0. The first kappa shape index (κ1) is 23.8. The molecule has 1 fully saturated rings. The molecule has 1 atom stereocenters. The maximum atomic E-state index is 13.5. The first-order valence-electron chi connectivity index (χ1n) is 10.1. The van der Waals surface area contributed by atoms with Gasteiger partial charge in [-0.05, 0) is 31.0 Å². The van der Waals surface area contributed by atoms with Crippen molar-refractivity contribution in [2.75, 3.05) is 23.3 Å². The van der Waals surface area contributed by atoms with Gasteiger partial charge in [0.25, 0.3) is 5.91 Å². The zero-order valence-corrected chi connectivity index (χ0v) is 18.3. The summed E-state index contributed by atoms with van der Waals surface area (Å²) < 4.78 is 40.4. The van der Waals surface area contributed by atoms with Crippen molar-refractivity contribution in [1.82, 2.24) is 15.3 Å². The Bertz CT molecular complexity index is 1000. The zero-order chi connectivity index (χ0) is 23.5. The van der Waals surface area contributed by atoms with Crippen LogP contribution in [0.25, 0.3) is 0 Å². The van der Waals surface area contributed by atoms with Gasteiger partial charge < -0.3 is 15.5 Å². The quantitative estimate of drug-likeness (QED) is 0.687. The van der Waals surface area contributed by atoms with Gasteiger partial charge in [-0.15, -0.1) is 0 Å². The third-order valence-corrected chi connectivity index (χ3v) is 5.20. The van der Waals surface area contributed by atoms with Crippen LogP contribution in [-0.2, 0) is 11.0 Å². The second kappa shape index (κ2) is 9.72. The van der Waals surface area contributed by atoms with Crippen LogP contribution in [0.3, 0.4) is 0 Å². The van der Waals surface area contributed by atoms with E-state index in [1.807, 2.05) is 0 Å². The van der Waals surface area contributed by atoms with Crippen molar-refractivity contribution < 1.29 is 22.8 Å². The minimum atomic E-state index is -4.60. The van der Waals surface area contributed by atoms with Gasteiger partial charge in [-0.25, -0.2) is 9.97 Å². The van der Waals surface area contributed by atoms with E-state index in [2.05, 4.69) is 20.6 Å². The maximum absolute atomic E-state index is 13.5. The van der Waals surface area contributed by atoms with Crippen LogP contribution in [0.5, 0.6) is 0 Å². The normalized spacial score (nSPS) is 16.7. The molecule has 2 amide bonds. The minimum Gasteiger partial charge on any atom is -0.354 e. The number of hydrogen-bond acceptors (Lipinski definition) is 5. The first-order valence-corrected chi connectivity index (χ1v) is 10.5. The molecule has 3 rings (SSSR count). The average Bonchev–Trinajstić information content (AvgIpc) is 2.73. The number of anilines is 2. The molecule has 172 valence electrons. The summed E-state index contributed by atoms with van der Waals surface area (Å²) in [5.41, 5.74) is -0.617. The molecule has 1 saturated heterocycles. The number of nitrogens with one attached hydrogen (secondary N) is 2. The lowest BCUT2D eigenvalue weighted by molar-refractivity contribution is -0.137. The zero-order valence-electron chi connectivity index (χ0n) is 17.5. The van der Waals surface area contributed by atoms with Crippen LogP contribution in [-0.4, -0.2) is 40.9 Å². The van der Waals surface area contributed by atoms with E-state index in [-0.39, 0.29) is 46.6 Å². The van der Waals surface area contributed by atoms with Crippen molar-refractivity contribution in [2.45, 2.75) is 38.9 Å². The summed E-state index contributed by atoms with van der Waals surface area (Å²) in [6.45, 7) is 4.02. The summed E-state index contributed by atoms with van der Waals surface area (Å²) in [6.07, 6.45) is -0.821. The van der Waals surface area contributed by atoms with Crippen molar-refractivity contribution in [3.63, 3.8) is 0 Å². The number of hydrogen-bond donors (Lipinski definition) is 2. The van der Waals surface area contributed by atoms with Gasteiger partial charge in [0.15, 0.2) is 0 Å². The van der Waals surface area contributed by atoms with Crippen LogP contribution in [0, 0.1) is 5.92 Å². The molecule has 0 aliphatic carbocycles. The first-order chi connectivity index (χ1) is 15.0. The standard InChI is InChI=1S/C21H23ClF3N5O2/c1-12(2)19(31)29-17-8-13(5-6-26-17)20(32)28-15-4-3-7-30(11-15)18-16(21(23,24)25)9-14(22)10-27-18/h5-6,8-10,12,15H,3-4,7,11H2,1-2H3,(H,28,32)(H,26,29,31)/t15-/m1/s1. The van der Waals surface area contributed by atoms with Crippen LogP contribution >= 0.6 is 11.6 Å². The highest BCUT2D eigenvalue weighted by atomic mass is 35.5. The Labute approximate surface area is 188 Å². The number of nitrogens with zero attached hydrogens (tertiary/aromatic N) is 3. The molecule has 2 N–H and O–H groups in total. The Morgan fingerprint density at radius 1 is 1.25 bits per heavy atom. The van der Waals surface area contributed by atoms with E-state index in [1.165, 1.54) is 29.4 Å². The van der Waals surface area contributed by atoms with Crippen LogP contribution in [0.1, 0.15) is 42.6 Å². The van der Waals surface area contributed by atoms with Crippen LogP contribution in [0.15, 0.2) is 30.6 Å². The number of carbonyl (C=O) groups is 2. The number of piperidine rings is 1. The third kappa shape index (κ3) is 5.87. The van der Waals surface area contributed by atoms with E-state index >= 15 is 0 Å². The van der Waals surface area contributed by atoms with Crippen molar-refractivity contribution in [3.8, 4) is 0 Å². The topological polar surface area (TPSA) is 87.2 Å². The molecule has 1 aliphatic rings. The van der Waals surface area contributed by atoms with Gasteiger partial charge in [-0.1, -0.05) is 25.4 Å².